The molecule has 2 aliphatic heterocycles. The number of nitrogens with two attached hydrogens (primary N) is 2. The van der Waals surface area contributed by atoms with Crippen molar-refractivity contribution in [1.29, 1.82) is 0 Å². The first-order valence-electron chi connectivity index (χ1n) is 11.7. The van der Waals surface area contributed by atoms with Gasteiger partial charge in [0, 0.05) is 47.6 Å². The van der Waals surface area contributed by atoms with Gasteiger partial charge in [-0.2, -0.15) is 18.3 Å². The fraction of sp³-hybridized carbons (Fsp3) is 0.400. The maximum Gasteiger partial charge on any atom is 0.419 e. The number of hydrogen-bond donors (Lipinski definition) is 2. The van der Waals surface area contributed by atoms with Crippen LogP contribution in [0.2, 0.25) is 0 Å². The summed E-state index contributed by atoms with van der Waals surface area (Å²) in [5, 5.41) is 4.61. The number of rotatable bonds is 5. The number of anilines is 1. The summed E-state index contributed by atoms with van der Waals surface area (Å²) in [6, 6.07) is 10.5. The molecule has 3 aromatic rings. The molecule has 1 amide bonds. The molecule has 35 heavy (non-hydrogen) atoms. The third-order valence-corrected chi connectivity index (χ3v) is 7.41. The summed E-state index contributed by atoms with van der Waals surface area (Å²) in [5.74, 6) is -0.987. The van der Waals surface area contributed by atoms with Gasteiger partial charge in [-0.1, -0.05) is 19.1 Å². The van der Waals surface area contributed by atoms with Gasteiger partial charge in [0.15, 0.2) is 0 Å². The maximum absolute atomic E-state index is 13.3. The van der Waals surface area contributed by atoms with E-state index in [0.29, 0.717) is 23.4 Å². The van der Waals surface area contributed by atoms with E-state index in [1.165, 1.54) is 6.20 Å². The molecular formula is C25H27F3N6O. The molecule has 0 radical (unpaired) electrons. The number of aromatic nitrogens is 3. The number of likely N-dealkylation sites (tertiary alicyclic amines) is 1. The van der Waals surface area contributed by atoms with Crippen LogP contribution in [0.5, 0.6) is 0 Å². The predicted octanol–water partition coefficient (Wildman–Crippen LogP) is 4.14. The molecule has 0 bridgehead atoms. The van der Waals surface area contributed by atoms with Crippen LogP contribution in [-0.4, -0.2) is 38.7 Å². The summed E-state index contributed by atoms with van der Waals surface area (Å²) in [7, 11) is 0. The van der Waals surface area contributed by atoms with E-state index in [2.05, 4.69) is 21.9 Å². The second-order valence-corrected chi connectivity index (χ2v) is 9.46. The van der Waals surface area contributed by atoms with E-state index in [4.69, 9.17) is 11.5 Å². The minimum atomic E-state index is -4.58. The van der Waals surface area contributed by atoms with Crippen molar-refractivity contribution in [2.24, 2.45) is 5.73 Å². The number of primary amides is 1. The van der Waals surface area contributed by atoms with E-state index in [9.17, 15) is 18.0 Å². The Kier molecular flexibility index (Phi) is 5.58. The maximum atomic E-state index is 13.3. The lowest BCUT2D eigenvalue weighted by atomic mass is 9.82. The lowest BCUT2D eigenvalue weighted by molar-refractivity contribution is -0.137. The Hall–Kier alpha value is -3.40. The molecule has 2 aromatic heterocycles. The number of benzene rings is 1. The highest BCUT2D eigenvalue weighted by atomic mass is 19.4. The average Bonchev–Trinajstić information content (AvgIpc) is 3.51. The highest BCUT2D eigenvalue weighted by Gasteiger charge is 2.47. The summed E-state index contributed by atoms with van der Waals surface area (Å²) in [4.78, 5) is 17.9. The van der Waals surface area contributed by atoms with E-state index in [0.717, 1.165) is 49.7 Å². The van der Waals surface area contributed by atoms with Crippen molar-refractivity contribution in [2.45, 2.75) is 50.4 Å². The molecule has 7 nitrogen and oxygen atoms in total. The summed E-state index contributed by atoms with van der Waals surface area (Å²) in [5.41, 5.74) is 13.2. The van der Waals surface area contributed by atoms with Crippen molar-refractivity contribution in [1.82, 2.24) is 19.7 Å². The molecule has 2 atom stereocenters. The molecule has 1 spiro atoms. The van der Waals surface area contributed by atoms with E-state index >= 15 is 0 Å². The van der Waals surface area contributed by atoms with Gasteiger partial charge in [0.2, 0.25) is 5.91 Å². The number of alkyl halides is 3. The standard InChI is InChI=1S/C25H27F3N6O/c1-2-20(15-4-3-5-16(10-15)23(30)35)33-8-6-24(14-33)7-9-34-21(24)12-19(32-34)17-11-18(25(26,27)28)22(29)31-13-17/h3-5,10-13,20H,2,6-9,14H2,1H3,(H2,29,31)(H2,30,35)/t20?,24-/m1/s1. The van der Waals surface area contributed by atoms with Crippen LogP contribution in [-0.2, 0) is 18.1 Å². The van der Waals surface area contributed by atoms with Gasteiger partial charge in [0.05, 0.1) is 11.3 Å². The fourth-order valence-corrected chi connectivity index (χ4v) is 5.63. The van der Waals surface area contributed by atoms with Crippen molar-refractivity contribution in [2.75, 3.05) is 18.8 Å². The number of carbonyl (C=O) groups is 1. The minimum absolute atomic E-state index is 0.117. The summed E-state index contributed by atoms with van der Waals surface area (Å²) in [6.45, 7) is 4.52. The number of aryl methyl sites for hydroxylation is 1. The second kappa shape index (κ2) is 8.37. The second-order valence-electron chi connectivity index (χ2n) is 9.46. The smallest absolute Gasteiger partial charge is 0.383 e. The lowest BCUT2D eigenvalue weighted by Gasteiger charge is -2.30. The molecule has 10 heteroatoms. The Morgan fingerprint density at radius 1 is 1.20 bits per heavy atom. The van der Waals surface area contributed by atoms with Gasteiger partial charge in [-0.25, -0.2) is 4.98 Å². The van der Waals surface area contributed by atoms with Gasteiger partial charge in [0.1, 0.15) is 5.82 Å². The Labute approximate surface area is 200 Å². The van der Waals surface area contributed by atoms with E-state index in [-0.39, 0.29) is 11.5 Å². The molecule has 4 heterocycles. The van der Waals surface area contributed by atoms with Crippen molar-refractivity contribution in [3.63, 3.8) is 0 Å². The van der Waals surface area contributed by atoms with Crippen LogP contribution in [0, 0.1) is 0 Å². The SMILES string of the molecule is CCC(c1cccc(C(N)=O)c1)N1CC[C@@]2(CCn3nc(-c4cnc(N)c(C(F)(F)F)c4)cc32)C1. The predicted molar refractivity (Wildman–Crippen MR) is 125 cm³/mol. The topological polar surface area (TPSA) is 103 Å². The Balaban J connectivity index is 1.42. The third kappa shape index (κ3) is 4.05. The van der Waals surface area contributed by atoms with Gasteiger partial charge in [-0.15, -0.1) is 0 Å². The highest BCUT2D eigenvalue weighted by molar-refractivity contribution is 5.92. The number of nitrogens with zero attached hydrogens (tertiary/aromatic N) is 4. The number of carbonyl (C=O) groups excluding carboxylic acids is 1. The van der Waals surface area contributed by atoms with Crippen LogP contribution in [0.3, 0.4) is 0 Å². The van der Waals surface area contributed by atoms with Crippen molar-refractivity contribution in [3.05, 3.63) is 65.0 Å². The summed E-state index contributed by atoms with van der Waals surface area (Å²) < 4.78 is 41.9. The monoisotopic (exact) mass is 484 g/mol. The summed E-state index contributed by atoms with van der Waals surface area (Å²) >= 11 is 0. The molecule has 0 aliphatic carbocycles. The number of nitrogen functional groups attached to an aromatic ring is 1. The fourth-order valence-electron chi connectivity index (χ4n) is 5.63. The van der Waals surface area contributed by atoms with Gasteiger partial charge in [-0.05, 0) is 55.6 Å². The first-order chi connectivity index (χ1) is 16.6. The minimum Gasteiger partial charge on any atom is -0.383 e. The first kappa shape index (κ1) is 23.3. The van der Waals surface area contributed by atoms with Crippen molar-refractivity contribution >= 4 is 11.7 Å². The molecule has 0 saturated carbocycles. The zero-order valence-corrected chi connectivity index (χ0v) is 19.3. The van der Waals surface area contributed by atoms with Crippen LogP contribution in [0.1, 0.15) is 59.4 Å². The Morgan fingerprint density at radius 3 is 2.69 bits per heavy atom. The number of fused-ring (bicyclic) bond motifs is 2. The normalized spacial score (nSPS) is 20.9. The van der Waals surface area contributed by atoms with E-state index in [1.54, 1.807) is 6.07 Å². The van der Waals surface area contributed by atoms with E-state index < -0.39 is 23.5 Å². The van der Waals surface area contributed by atoms with E-state index in [1.807, 2.05) is 28.9 Å². The molecular weight excluding hydrogens is 457 g/mol. The van der Waals surface area contributed by atoms with Crippen LogP contribution in [0.15, 0.2) is 42.6 Å². The van der Waals surface area contributed by atoms with Crippen LogP contribution < -0.4 is 11.5 Å². The Bertz CT molecular complexity index is 1290. The molecule has 2 aliphatic rings. The zero-order valence-electron chi connectivity index (χ0n) is 19.3. The van der Waals surface area contributed by atoms with Gasteiger partial charge in [0.25, 0.3) is 0 Å². The number of pyridine rings is 1. The molecule has 1 saturated heterocycles. The highest BCUT2D eigenvalue weighted by Crippen LogP contribution is 2.46. The number of hydrogen-bond acceptors (Lipinski definition) is 5. The van der Waals surface area contributed by atoms with Crippen LogP contribution >= 0.6 is 0 Å². The molecule has 1 fully saturated rings. The average molecular weight is 485 g/mol. The molecule has 1 aromatic carbocycles. The lowest BCUT2D eigenvalue weighted by Crippen LogP contribution is -2.32. The van der Waals surface area contributed by atoms with Gasteiger partial charge < -0.3 is 11.5 Å². The number of amides is 1. The number of halogens is 3. The van der Waals surface area contributed by atoms with Gasteiger partial charge in [-0.3, -0.25) is 14.4 Å². The Morgan fingerprint density at radius 2 is 1.97 bits per heavy atom. The molecule has 184 valence electrons. The van der Waals surface area contributed by atoms with Crippen molar-refractivity contribution in [3.8, 4) is 11.3 Å². The third-order valence-electron chi connectivity index (χ3n) is 7.41. The van der Waals surface area contributed by atoms with Crippen LogP contribution in [0.4, 0.5) is 19.0 Å². The van der Waals surface area contributed by atoms with Gasteiger partial charge >= 0.3 is 6.18 Å². The van der Waals surface area contributed by atoms with Crippen molar-refractivity contribution < 1.29 is 18.0 Å². The molecule has 1 unspecified atom stereocenters. The zero-order chi connectivity index (χ0) is 25.0. The quantitative estimate of drug-likeness (QED) is 0.567. The van der Waals surface area contributed by atoms with Crippen LogP contribution in [0.25, 0.3) is 11.3 Å². The molecule has 4 N–H and O–H groups in total. The summed E-state index contributed by atoms with van der Waals surface area (Å²) in [6.07, 6.45) is -0.505. The largest absolute Gasteiger partial charge is 0.419 e. The first-order valence-corrected chi connectivity index (χ1v) is 11.7. The molecule has 5 rings (SSSR count).